The van der Waals surface area contributed by atoms with Crippen LogP contribution in [0.4, 0.5) is 5.69 Å². The summed E-state index contributed by atoms with van der Waals surface area (Å²) in [5, 5.41) is 9.93. The number of hydrogen-bond donors (Lipinski definition) is 2. The number of anilines is 1. The lowest BCUT2D eigenvalue weighted by atomic mass is 10.0. The van der Waals surface area contributed by atoms with Gasteiger partial charge in [0.2, 0.25) is 0 Å². The van der Waals surface area contributed by atoms with Gasteiger partial charge in [0, 0.05) is 51.1 Å². The van der Waals surface area contributed by atoms with Crippen LogP contribution in [-0.4, -0.2) is 67.9 Å². The third-order valence-corrected chi connectivity index (χ3v) is 5.35. The van der Waals surface area contributed by atoms with E-state index < -0.39 is 5.91 Å². The summed E-state index contributed by atoms with van der Waals surface area (Å²) in [6, 6.07) is 6.60. The third kappa shape index (κ3) is 5.62. The quantitative estimate of drug-likeness (QED) is 0.770. The molecular formula is C22H30N4O5. The summed E-state index contributed by atoms with van der Waals surface area (Å²) in [7, 11) is 3.41. The molecule has 2 heterocycles. The topological polar surface area (TPSA) is 106 Å². The van der Waals surface area contributed by atoms with Gasteiger partial charge in [0.15, 0.2) is 5.69 Å². The molecule has 2 N–H and O–H groups in total. The zero-order valence-corrected chi connectivity index (χ0v) is 18.6. The van der Waals surface area contributed by atoms with Crippen molar-refractivity contribution in [1.82, 2.24) is 15.4 Å². The predicted octanol–water partition coefficient (Wildman–Crippen LogP) is 2.33. The van der Waals surface area contributed by atoms with Crippen LogP contribution in [0.1, 0.15) is 40.5 Å². The van der Waals surface area contributed by atoms with Crippen molar-refractivity contribution in [1.29, 1.82) is 0 Å². The van der Waals surface area contributed by atoms with Gasteiger partial charge in [-0.25, -0.2) is 0 Å². The highest BCUT2D eigenvalue weighted by atomic mass is 16.5. The van der Waals surface area contributed by atoms with Crippen LogP contribution in [0.2, 0.25) is 0 Å². The third-order valence-electron chi connectivity index (χ3n) is 5.35. The number of likely N-dealkylation sites (N-methyl/N-ethyl adjacent to an activating group) is 1. The highest BCUT2D eigenvalue weighted by Gasteiger charge is 2.25. The van der Waals surface area contributed by atoms with Gasteiger partial charge in [-0.3, -0.25) is 9.59 Å². The first kappa shape index (κ1) is 22.8. The molecule has 0 bridgehead atoms. The maximum atomic E-state index is 13.1. The SMILES string of the molecule is CO[C@H]1CN(C)C(=O)c2ccc(NC(=O)c3cc(C)on3)cc2OC[C@@H](C)NC[C@@H]1C. The van der Waals surface area contributed by atoms with Crippen LogP contribution in [0.25, 0.3) is 0 Å². The van der Waals surface area contributed by atoms with E-state index >= 15 is 0 Å². The van der Waals surface area contributed by atoms with Crippen molar-refractivity contribution in [2.24, 2.45) is 5.92 Å². The van der Waals surface area contributed by atoms with Gasteiger partial charge < -0.3 is 29.5 Å². The fraction of sp³-hybridized carbons (Fsp3) is 0.500. The molecule has 1 aromatic carbocycles. The summed E-state index contributed by atoms with van der Waals surface area (Å²) in [5.74, 6) is 0.599. The molecule has 1 aliphatic heterocycles. The van der Waals surface area contributed by atoms with Crippen molar-refractivity contribution in [2.75, 3.05) is 39.2 Å². The van der Waals surface area contributed by atoms with E-state index in [1.165, 1.54) is 0 Å². The average Bonchev–Trinajstić information content (AvgIpc) is 3.19. The summed E-state index contributed by atoms with van der Waals surface area (Å²) in [6.07, 6.45) is -0.0954. The van der Waals surface area contributed by atoms with E-state index in [1.807, 2.05) is 6.92 Å². The van der Waals surface area contributed by atoms with Crippen LogP contribution in [0.3, 0.4) is 0 Å². The fourth-order valence-corrected chi connectivity index (χ4v) is 3.40. The Bertz CT molecular complexity index is 928. The van der Waals surface area contributed by atoms with Gasteiger partial charge in [0.1, 0.15) is 18.1 Å². The van der Waals surface area contributed by atoms with Crippen molar-refractivity contribution in [3.05, 3.63) is 41.3 Å². The highest BCUT2D eigenvalue weighted by molar-refractivity contribution is 6.03. The molecule has 0 unspecified atom stereocenters. The number of amides is 2. The number of aromatic nitrogens is 1. The lowest BCUT2D eigenvalue weighted by Crippen LogP contribution is -2.44. The first-order chi connectivity index (χ1) is 14.8. The first-order valence-corrected chi connectivity index (χ1v) is 10.3. The lowest BCUT2D eigenvalue weighted by Gasteiger charge is -2.30. The normalized spacial score (nSPS) is 22.7. The minimum Gasteiger partial charge on any atom is -0.491 e. The predicted molar refractivity (Wildman–Crippen MR) is 116 cm³/mol. The van der Waals surface area contributed by atoms with Crippen molar-refractivity contribution in [2.45, 2.75) is 32.9 Å². The molecule has 2 amide bonds. The molecule has 0 spiro atoms. The van der Waals surface area contributed by atoms with Crippen molar-refractivity contribution in [3.63, 3.8) is 0 Å². The van der Waals surface area contributed by atoms with E-state index in [-0.39, 0.29) is 29.7 Å². The molecule has 0 radical (unpaired) electrons. The van der Waals surface area contributed by atoms with Gasteiger partial charge in [-0.1, -0.05) is 12.1 Å². The molecule has 9 nitrogen and oxygen atoms in total. The molecule has 31 heavy (non-hydrogen) atoms. The molecule has 9 heteroatoms. The second-order valence-electron chi connectivity index (χ2n) is 8.05. The Morgan fingerprint density at radius 2 is 2.10 bits per heavy atom. The van der Waals surface area contributed by atoms with Gasteiger partial charge >= 0.3 is 0 Å². The molecule has 1 aromatic heterocycles. The number of nitrogens with one attached hydrogen (secondary N) is 2. The summed E-state index contributed by atoms with van der Waals surface area (Å²) in [6.45, 7) is 7.39. The van der Waals surface area contributed by atoms with E-state index in [4.69, 9.17) is 14.0 Å². The number of nitrogens with zero attached hydrogens (tertiary/aromatic N) is 2. The second-order valence-corrected chi connectivity index (χ2v) is 8.05. The lowest BCUT2D eigenvalue weighted by molar-refractivity contribution is 0.0281. The van der Waals surface area contributed by atoms with Gasteiger partial charge in [0.05, 0.1) is 11.7 Å². The number of benzene rings is 1. The fourth-order valence-electron chi connectivity index (χ4n) is 3.40. The second kappa shape index (κ2) is 9.93. The Hall–Kier alpha value is -2.91. The Kier molecular flexibility index (Phi) is 7.29. The maximum Gasteiger partial charge on any atom is 0.277 e. The molecule has 1 aliphatic rings. The van der Waals surface area contributed by atoms with Gasteiger partial charge in [0.25, 0.3) is 11.8 Å². The van der Waals surface area contributed by atoms with E-state index in [2.05, 4.69) is 22.7 Å². The molecule has 0 saturated carbocycles. The van der Waals surface area contributed by atoms with Gasteiger partial charge in [-0.05, 0) is 31.9 Å². The number of carbonyl (C=O) groups excluding carboxylic acids is 2. The largest absolute Gasteiger partial charge is 0.491 e. The van der Waals surface area contributed by atoms with Crippen LogP contribution >= 0.6 is 0 Å². The summed E-state index contributed by atoms with van der Waals surface area (Å²) in [4.78, 5) is 27.2. The Balaban J connectivity index is 1.86. The Labute approximate surface area is 182 Å². The van der Waals surface area contributed by atoms with Crippen LogP contribution in [-0.2, 0) is 4.74 Å². The minimum atomic E-state index is -0.402. The monoisotopic (exact) mass is 430 g/mol. The van der Waals surface area contributed by atoms with E-state index in [9.17, 15) is 9.59 Å². The van der Waals surface area contributed by atoms with E-state index in [0.29, 0.717) is 35.9 Å². The Morgan fingerprint density at radius 3 is 2.77 bits per heavy atom. The van der Waals surface area contributed by atoms with Crippen LogP contribution in [0, 0.1) is 12.8 Å². The molecule has 3 atom stereocenters. The van der Waals surface area contributed by atoms with Crippen molar-refractivity contribution < 1.29 is 23.6 Å². The van der Waals surface area contributed by atoms with Crippen molar-refractivity contribution >= 4 is 17.5 Å². The molecule has 0 aliphatic carbocycles. The van der Waals surface area contributed by atoms with E-state index in [1.54, 1.807) is 50.2 Å². The minimum absolute atomic E-state index is 0.0661. The number of ether oxygens (including phenoxy) is 2. The molecule has 2 aromatic rings. The number of hydrogen-bond acceptors (Lipinski definition) is 7. The van der Waals surface area contributed by atoms with Crippen LogP contribution in [0.5, 0.6) is 5.75 Å². The zero-order valence-electron chi connectivity index (χ0n) is 18.6. The first-order valence-electron chi connectivity index (χ1n) is 10.3. The smallest absolute Gasteiger partial charge is 0.277 e. The number of carbonyl (C=O) groups is 2. The molecule has 3 rings (SSSR count). The van der Waals surface area contributed by atoms with Gasteiger partial charge in [-0.2, -0.15) is 0 Å². The van der Waals surface area contributed by atoms with Gasteiger partial charge in [-0.15, -0.1) is 0 Å². The molecule has 0 fully saturated rings. The summed E-state index contributed by atoms with van der Waals surface area (Å²) >= 11 is 0. The summed E-state index contributed by atoms with van der Waals surface area (Å²) in [5.41, 5.74) is 1.10. The number of aryl methyl sites for hydroxylation is 1. The average molecular weight is 431 g/mol. The zero-order chi connectivity index (χ0) is 22.5. The van der Waals surface area contributed by atoms with E-state index in [0.717, 1.165) is 6.54 Å². The Morgan fingerprint density at radius 1 is 1.32 bits per heavy atom. The standard InChI is InChI=1S/C22H30N4O5/c1-13-10-23-14(2)12-30-19-9-16(24-21(27)18-8-15(3)31-25-18)6-7-17(19)22(28)26(4)11-20(13)29-5/h6-9,13-14,20,23H,10-12H2,1-5H3,(H,24,27)/t13-,14+,20-/m0/s1. The highest BCUT2D eigenvalue weighted by Crippen LogP contribution is 2.26. The molecule has 168 valence electrons. The van der Waals surface area contributed by atoms with Crippen LogP contribution in [0.15, 0.2) is 28.8 Å². The van der Waals surface area contributed by atoms with Crippen LogP contribution < -0.4 is 15.4 Å². The molecular weight excluding hydrogens is 400 g/mol. The molecule has 0 saturated heterocycles. The number of rotatable bonds is 3. The van der Waals surface area contributed by atoms with Crippen molar-refractivity contribution in [3.8, 4) is 5.75 Å². The summed E-state index contributed by atoms with van der Waals surface area (Å²) < 4.78 is 16.6. The number of fused-ring (bicyclic) bond motifs is 1. The number of methoxy groups -OCH3 is 1. The maximum absolute atomic E-state index is 13.1.